The van der Waals surface area contributed by atoms with E-state index in [9.17, 15) is 9.59 Å². The van der Waals surface area contributed by atoms with Crippen molar-refractivity contribution in [3.63, 3.8) is 0 Å². The Hall–Kier alpha value is -2.04. The quantitative estimate of drug-likeness (QED) is 0.811. The number of rotatable bonds is 5. The molecule has 0 saturated heterocycles. The third kappa shape index (κ3) is 4.91. The van der Waals surface area contributed by atoms with Gasteiger partial charge in [-0.3, -0.25) is 4.79 Å². The van der Waals surface area contributed by atoms with Crippen LogP contribution in [0.5, 0.6) is 0 Å². The summed E-state index contributed by atoms with van der Waals surface area (Å²) in [6, 6.07) is -0.602. The van der Waals surface area contributed by atoms with E-state index >= 15 is 0 Å². The van der Waals surface area contributed by atoms with Gasteiger partial charge in [-0.15, -0.1) is 0 Å². The van der Waals surface area contributed by atoms with Crippen LogP contribution in [0.15, 0.2) is 35.6 Å². The first-order chi connectivity index (χ1) is 9.58. The zero-order valence-electron chi connectivity index (χ0n) is 12.2. The number of alkyl carbamates (subject to hydrolysis) is 1. The molecular formula is C15H22N2O3. The predicted molar refractivity (Wildman–Crippen MR) is 78.0 cm³/mol. The molecule has 0 fully saturated rings. The van der Waals surface area contributed by atoms with Crippen molar-refractivity contribution in [3.05, 3.63) is 35.6 Å². The summed E-state index contributed by atoms with van der Waals surface area (Å²) >= 11 is 0. The summed E-state index contributed by atoms with van der Waals surface area (Å²) in [5.41, 5.74) is 1.77. The highest BCUT2D eigenvalue weighted by molar-refractivity contribution is 5.87. The number of ether oxygens (including phenoxy) is 1. The number of nitrogens with one attached hydrogen (secondary N) is 2. The number of hydrogen-bond acceptors (Lipinski definition) is 3. The van der Waals surface area contributed by atoms with Crippen LogP contribution in [-0.2, 0) is 9.53 Å². The SMILES string of the molecule is CCOC(=O)NC(CC)C(=O)NC1=CC=CCC=C1C. The standard InChI is InChI=1S/C15H22N2O3/c1-4-12(17-15(19)20-5-2)14(18)16-13-10-8-6-7-9-11(13)3/h6,8-10,12H,4-5,7H2,1-3H3,(H,16,18)(H,17,19). The van der Waals surface area contributed by atoms with E-state index < -0.39 is 12.1 Å². The monoisotopic (exact) mass is 278 g/mol. The largest absolute Gasteiger partial charge is 0.450 e. The van der Waals surface area contributed by atoms with Crippen LogP contribution in [0.2, 0.25) is 0 Å². The molecular weight excluding hydrogens is 256 g/mol. The van der Waals surface area contributed by atoms with Gasteiger partial charge in [-0.05, 0) is 38.3 Å². The molecule has 0 heterocycles. The molecule has 0 aromatic heterocycles. The normalized spacial score (nSPS) is 15.6. The van der Waals surface area contributed by atoms with Gasteiger partial charge in [0.2, 0.25) is 5.91 Å². The van der Waals surface area contributed by atoms with Gasteiger partial charge in [-0.2, -0.15) is 0 Å². The van der Waals surface area contributed by atoms with Crippen molar-refractivity contribution in [2.24, 2.45) is 0 Å². The van der Waals surface area contributed by atoms with Crippen molar-refractivity contribution < 1.29 is 14.3 Å². The Kier molecular flexibility index (Phi) is 6.56. The van der Waals surface area contributed by atoms with Gasteiger partial charge in [-0.1, -0.05) is 25.2 Å². The highest BCUT2D eigenvalue weighted by atomic mass is 16.5. The number of carbonyl (C=O) groups is 2. The first-order valence-electron chi connectivity index (χ1n) is 6.86. The zero-order valence-corrected chi connectivity index (χ0v) is 12.2. The second-order valence-corrected chi connectivity index (χ2v) is 4.45. The van der Waals surface area contributed by atoms with Gasteiger partial charge in [0.1, 0.15) is 6.04 Å². The van der Waals surface area contributed by atoms with Crippen LogP contribution in [0, 0.1) is 0 Å². The smallest absolute Gasteiger partial charge is 0.407 e. The molecule has 1 aliphatic carbocycles. The van der Waals surface area contributed by atoms with E-state index in [1.54, 1.807) is 6.92 Å². The van der Waals surface area contributed by atoms with Crippen molar-refractivity contribution in [1.82, 2.24) is 10.6 Å². The van der Waals surface area contributed by atoms with Crippen molar-refractivity contribution in [2.45, 2.75) is 39.7 Å². The minimum absolute atomic E-state index is 0.241. The van der Waals surface area contributed by atoms with Gasteiger partial charge in [-0.25, -0.2) is 4.79 Å². The second kappa shape index (κ2) is 8.19. The Morgan fingerprint density at radius 3 is 2.80 bits per heavy atom. The highest BCUT2D eigenvalue weighted by Gasteiger charge is 2.20. The molecule has 2 amide bonds. The van der Waals surface area contributed by atoms with E-state index in [1.165, 1.54) is 0 Å². The maximum absolute atomic E-state index is 12.2. The average molecular weight is 278 g/mol. The maximum atomic E-state index is 12.2. The molecule has 0 radical (unpaired) electrons. The molecule has 1 rings (SSSR count). The fourth-order valence-electron chi connectivity index (χ4n) is 1.76. The first kappa shape index (κ1) is 16.0. The molecule has 1 atom stereocenters. The molecule has 110 valence electrons. The number of hydrogen-bond donors (Lipinski definition) is 2. The Morgan fingerprint density at radius 2 is 2.15 bits per heavy atom. The average Bonchev–Trinajstić information content (AvgIpc) is 2.61. The number of amides is 2. The van der Waals surface area contributed by atoms with Crippen molar-refractivity contribution in [1.29, 1.82) is 0 Å². The van der Waals surface area contributed by atoms with Gasteiger partial charge in [0.05, 0.1) is 6.61 Å². The second-order valence-electron chi connectivity index (χ2n) is 4.45. The Morgan fingerprint density at radius 1 is 1.40 bits per heavy atom. The van der Waals surface area contributed by atoms with E-state index in [-0.39, 0.29) is 12.5 Å². The minimum Gasteiger partial charge on any atom is -0.450 e. The summed E-state index contributed by atoms with van der Waals surface area (Å²) in [7, 11) is 0. The number of allylic oxidation sites excluding steroid dienone is 5. The predicted octanol–water partition coefficient (Wildman–Crippen LogP) is 2.42. The molecule has 20 heavy (non-hydrogen) atoms. The molecule has 0 spiro atoms. The zero-order chi connectivity index (χ0) is 15.0. The summed E-state index contributed by atoms with van der Waals surface area (Å²) in [6.07, 6.45) is 8.58. The van der Waals surface area contributed by atoms with Gasteiger partial charge in [0, 0.05) is 5.70 Å². The Labute approximate surface area is 119 Å². The summed E-state index contributed by atoms with van der Waals surface area (Å²) in [5, 5.41) is 5.39. The molecule has 5 heteroatoms. The molecule has 0 saturated carbocycles. The third-order valence-electron chi connectivity index (χ3n) is 2.93. The minimum atomic E-state index is -0.602. The van der Waals surface area contributed by atoms with Crippen LogP contribution in [0.1, 0.15) is 33.6 Å². The summed E-state index contributed by atoms with van der Waals surface area (Å²) in [4.78, 5) is 23.5. The first-order valence-corrected chi connectivity index (χ1v) is 6.86. The molecule has 1 aliphatic rings. The molecule has 0 bridgehead atoms. The number of carbonyl (C=O) groups excluding carboxylic acids is 2. The van der Waals surface area contributed by atoms with Crippen LogP contribution in [0.3, 0.4) is 0 Å². The maximum Gasteiger partial charge on any atom is 0.407 e. The lowest BCUT2D eigenvalue weighted by atomic mass is 10.1. The van der Waals surface area contributed by atoms with Crippen LogP contribution < -0.4 is 10.6 Å². The van der Waals surface area contributed by atoms with Crippen LogP contribution in [0.25, 0.3) is 0 Å². The third-order valence-corrected chi connectivity index (χ3v) is 2.93. The van der Waals surface area contributed by atoms with E-state index in [0.29, 0.717) is 6.42 Å². The Balaban J connectivity index is 2.65. The van der Waals surface area contributed by atoms with Gasteiger partial charge >= 0.3 is 6.09 Å². The summed E-state index contributed by atoms with van der Waals surface area (Å²) in [5.74, 6) is -0.241. The molecule has 0 aromatic carbocycles. The van der Waals surface area contributed by atoms with Crippen LogP contribution >= 0.6 is 0 Å². The summed E-state index contributed by atoms with van der Waals surface area (Å²) < 4.78 is 4.79. The fourth-order valence-corrected chi connectivity index (χ4v) is 1.76. The lowest BCUT2D eigenvalue weighted by Gasteiger charge is -2.18. The van der Waals surface area contributed by atoms with Gasteiger partial charge in [0.15, 0.2) is 0 Å². The Bertz CT molecular complexity index is 450. The van der Waals surface area contributed by atoms with Crippen molar-refractivity contribution in [3.8, 4) is 0 Å². The van der Waals surface area contributed by atoms with Gasteiger partial charge < -0.3 is 15.4 Å². The van der Waals surface area contributed by atoms with E-state index in [0.717, 1.165) is 17.7 Å². The molecule has 1 unspecified atom stereocenters. The topological polar surface area (TPSA) is 67.4 Å². The van der Waals surface area contributed by atoms with Gasteiger partial charge in [0.25, 0.3) is 0 Å². The van der Waals surface area contributed by atoms with E-state index in [2.05, 4.69) is 10.6 Å². The molecule has 2 N–H and O–H groups in total. The van der Waals surface area contributed by atoms with E-state index in [1.807, 2.05) is 38.2 Å². The summed E-state index contributed by atoms with van der Waals surface area (Å²) in [6.45, 7) is 5.78. The fraction of sp³-hybridized carbons (Fsp3) is 0.467. The van der Waals surface area contributed by atoms with E-state index in [4.69, 9.17) is 4.74 Å². The highest BCUT2D eigenvalue weighted by Crippen LogP contribution is 2.11. The lowest BCUT2D eigenvalue weighted by Crippen LogP contribution is -2.46. The molecule has 0 aliphatic heterocycles. The van der Waals surface area contributed by atoms with Crippen LogP contribution in [-0.4, -0.2) is 24.6 Å². The van der Waals surface area contributed by atoms with Crippen LogP contribution in [0.4, 0.5) is 4.79 Å². The lowest BCUT2D eigenvalue weighted by molar-refractivity contribution is -0.122. The molecule has 5 nitrogen and oxygen atoms in total. The van der Waals surface area contributed by atoms with Crippen molar-refractivity contribution in [2.75, 3.05) is 6.61 Å². The molecule has 0 aromatic rings. The van der Waals surface area contributed by atoms with Crippen molar-refractivity contribution >= 4 is 12.0 Å².